The highest BCUT2D eigenvalue weighted by Crippen LogP contribution is 2.28. The SMILES string of the molecule is CCCCOc1ccc(NC(=O)C(=O)N/N=C\c2ccc(OCC(=O)Nc3cc(Cl)cc(Cl)c3)c(OC)c2)cc1. The lowest BCUT2D eigenvalue weighted by Crippen LogP contribution is -2.32. The molecule has 10 nitrogen and oxygen atoms in total. The molecule has 12 heteroatoms. The molecule has 0 aliphatic heterocycles. The van der Waals surface area contributed by atoms with Crippen LogP contribution in [0.25, 0.3) is 0 Å². The standard InChI is InChI=1S/C28H28Cl2N4O6/c1-3-4-11-39-23-8-6-21(7-9-23)33-27(36)28(37)34-31-16-18-5-10-24(25(12-18)38-2)40-17-26(35)32-22-14-19(29)13-20(30)15-22/h5-10,12-16H,3-4,11,17H2,1-2H3,(H,32,35)(H,33,36)(H,34,37)/b31-16-. The second kappa shape index (κ2) is 15.3. The largest absolute Gasteiger partial charge is 0.494 e. The van der Waals surface area contributed by atoms with Crippen molar-refractivity contribution in [2.75, 3.05) is 31.0 Å². The Bertz CT molecular complexity index is 1350. The molecule has 40 heavy (non-hydrogen) atoms. The summed E-state index contributed by atoms with van der Waals surface area (Å²) < 4.78 is 16.5. The highest BCUT2D eigenvalue weighted by atomic mass is 35.5. The van der Waals surface area contributed by atoms with Gasteiger partial charge in [0, 0.05) is 21.4 Å². The molecule has 3 aromatic rings. The van der Waals surface area contributed by atoms with Crippen LogP contribution in [-0.2, 0) is 14.4 Å². The van der Waals surface area contributed by atoms with E-state index in [4.69, 9.17) is 37.4 Å². The summed E-state index contributed by atoms with van der Waals surface area (Å²) in [5, 5.41) is 9.72. The molecule has 0 unspecified atom stereocenters. The van der Waals surface area contributed by atoms with E-state index in [1.54, 1.807) is 60.7 Å². The maximum absolute atomic E-state index is 12.3. The number of amides is 3. The average Bonchev–Trinajstić information content (AvgIpc) is 2.92. The highest BCUT2D eigenvalue weighted by Gasteiger charge is 2.13. The van der Waals surface area contributed by atoms with Crippen LogP contribution in [0.2, 0.25) is 10.0 Å². The van der Waals surface area contributed by atoms with Gasteiger partial charge >= 0.3 is 11.8 Å². The number of nitrogens with one attached hydrogen (secondary N) is 3. The maximum Gasteiger partial charge on any atom is 0.329 e. The molecule has 0 radical (unpaired) electrons. The van der Waals surface area contributed by atoms with Gasteiger partial charge in [0.25, 0.3) is 5.91 Å². The van der Waals surface area contributed by atoms with Crippen LogP contribution in [0, 0.1) is 0 Å². The summed E-state index contributed by atoms with van der Waals surface area (Å²) in [7, 11) is 1.44. The molecule has 0 atom stereocenters. The van der Waals surface area contributed by atoms with Gasteiger partial charge in [0.15, 0.2) is 18.1 Å². The Morgan fingerprint density at radius 3 is 2.25 bits per heavy atom. The van der Waals surface area contributed by atoms with Crippen molar-refractivity contribution in [2.45, 2.75) is 19.8 Å². The Morgan fingerprint density at radius 1 is 0.850 bits per heavy atom. The first kappa shape index (κ1) is 30.3. The van der Waals surface area contributed by atoms with E-state index in [9.17, 15) is 14.4 Å². The van der Waals surface area contributed by atoms with Crippen LogP contribution in [0.3, 0.4) is 0 Å². The zero-order chi connectivity index (χ0) is 28.9. The van der Waals surface area contributed by atoms with Crippen LogP contribution in [-0.4, -0.2) is 44.3 Å². The van der Waals surface area contributed by atoms with Crippen molar-refractivity contribution >= 4 is 58.5 Å². The van der Waals surface area contributed by atoms with Crippen LogP contribution in [0.1, 0.15) is 25.3 Å². The first-order chi connectivity index (χ1) is 19.3. The molecule has 0 saturated heterocycles. The number of carbonyl (C=O) groups is 3. The normalized spacial score (nSPS) is 10.6. The van der Waals surface area contributed by atoms with Gasteiger partial charge < -0.3 is 24.8 Å². The molecular formula is C28H28Cl2N4O6. The number of hydrogen-bond acceptors (Lipinski definition) is 7. The number of carbonyl (C=O) groups excluding carboxylic acids is 3. The van der Waals surface area contributed by atoms with Gasteiger partial charge in [0.2, 0.25) is 0 Å². The number of hydrazone groups is 1. The van der Waals surface area contributed by atoms with Crippen LogP contribution < -0.4 is 30.3 Å². The van der Waals surface area contributed by atoms with E-state index in [-0.39, 0.29) is 6.61 Å². The summed E-state index contributed by atoms with van der Waals surface area (Å²) >= 11 is 11.9. The van der Waals surface area contributed by atoms with Gasteiger partial charge in [-0.15, -0.1) is 0 Å². The minimum absolute atomic E-state index is 0.298. The third-order valence-electron chi connectivity index (χ3n) is 5.16. The topological polar surface area (TPSA) is 127 Å². The number of benzene rings is 3. The minimum Gasteiger partial charge on any atom is -0.494 e. The summed E-state index contributed by atoms with van der Waals surface area (Å²) in [4.78, 5) is 36.5. The van der Waals surface area contributed by atoms with Gasteiger partial charge in [-0.2, -0.15) is 5.10 Å². The predicted molar refractivity (Wildman–Crippen MR) is 155 cm³/mol. The van der Waals surface area contributed by atoms with Crippen molar-refractivity contribution in [3.05, 3.63) is 76.3 Å². The molecule has 3 amide bonds. The zero-order valence-electron chi connectivity index (χ0n) is 21.8. The lowest BCUT2D eigenvalue weighted by atomic mass is 10.2. The Labute approximate surface area is 241 Å². The average molecular weight is 587 g/mol. The summed E-state index contributed by atoms with van der Waals surface area (Å²) in [5.74, 6) is -0.936. The van der Waals surface area contributed by atoms with Crippen LogP contribution >= 0.6 is 23.2 Å². The fraction of sp³-hybridized carbons (Fsp3) is 0.214. The van der Waals surface area contributed by atoms with Gasteiger partial charge in [0.05, 0.1) is 19.9 Å². The first-order valence-electron chi connectivity index (χ1n) is 12.2. The molecule has 0 heterocycles. The van der Waals surface area contributed by atoms with Gasteiger partial charge in [-0.05, 0) is 72.6 Å². The number of anilines is 2. The van der Waals surface area contributed by atoms with Crippen molar-refractivity contribution in [1.29, 1.82) is 0 Å². The molecule has 3 aromatic carbocycles. The quantitative estimate of drug-likeness (QED) is 0.114. The van der Waals surface area contributed by atoms with Gasteiger partial charge in [-0.25, -0.2) is 5.43 Å². The van der Waals surface area contributed by atoms with Gasteiger partial charge in [-0.1, -0.05) is 36.5 Å². The van der Waals surface area contributed by atoms with Crippen molar-refractivity contribution in [2.24, 2.45) is 5.10 Å². The Hall–Kier alpha value is -4.28. The Balaban J connectivity index is 1.48. The molecule has 3 N–H and O–H groups in total. The molecule has 0 aromatic heterocycles. The second-order valence-corrected chi connectivity index (χ2v) is 9.16. The summed E-state index contributed by atoms with van der Waals surface area (Å²) in [5.41, 5.74) is 3.59. The molecule has 210 valence electrons. The van der Waals surface area contributed by atoms with Crippen molar-refractivity contribution in [3.8, 4) is 17.2 Å². The molecule has 0 aliphatic carbocycles. The third-order valence-corrected chi connectivity index (χ3v) is 5.59. The lowest BCUT2D eigenvalue weighted by Gasteiger charge is -2.12. The molecule has 3 rings (SSSR count). The maximum atomic E-state index is 12.3. The summed E-state index contributed by atoms with van der Waals surface area (Å²) in [6.45, 7) is 2.39. The summed E-state index contributed by atoms with van der Waals surface area (Å²) in [6.07, 6.45) is 3.31. The van der Waals surface area contributed by atoms with E-state index in [2.05, 4.69) is 28.1 Å². The van der Waals surface area contributed by atoms with E-state index in [0.717, 1.165) is 12.8 Å². The third kappa shape index (κ3) is 9.79. The number of hydrogen-bond donors (Lipinski definition) is 3. The fourth-order valence-corrected chi connectivity index (χ4v) is 3.75. The Morgan fingerprint density at radius 2 is 1.57 bits per heavy atom. The zero-order valence-corrected chi connectivity index (χ0v) is 23.3. The fourth-order valence-electron chi connectivity index (χ4n) is 3.22. The molecule has 0 aliphatic rings. The van der Waals surface area contributed by atoms with E-state index < -0.39 is 17.7 Å². The summed E-state index contributed by atoms with van der Waals surface area (Å²) in [6, 6.07) is 16.2. The highest BCUT2D eigenvalue weighted by molar-refractivity contribution is 6.39. The molecule has 0 fully saturated rings. The van der Waals surface area contributed by atoms with Crippen molar-refractivity contribution < 1.29 is 28.6 Å². The lowest BCUT2D eigenvalue weighted by molar-refractivity contribution is -0.136. The van der Waals surface area contributed by atoms with Gasteiger partial charge in [0.1, 0.15) is 5.75 Å². The number of methoxy groups -OCH3 is 1. The first-order valence-corrected chi connectivity index (χ1v) is 13.0. The number of halogens is 2. The monoisotopic (exact) mass is 586 g/mol. The Kier molecular flexibility index (Phi) is 11.6. The number of rotatable bonds is 12. The molecule has 0 saturated carbocycles. The van der Waals surface area contributed by atoms with E-state index in [1.807, 2.05) is 0 Å². The molecular weight excluding hydrogens is 559 g/mol. The van der Waals surface area contributed by atoms with Crippen LogP contribution in [0.15, 0.2) is 65.8 Å². The van der Waals surface area contributed by atoms with Crippen LogP contribution in [0.4, 0.5) is 11.4 Å². The number of unbranched alkanes of at least 4 members (excludes halogenated alkanes) is 1. The molecule has 0 bridgehead atoms. The van der Waals surface area contributed by atoms with Crippen LogP contribution in [0.5, 0.6) is 17.2 Å². The van der Waals surface area contributed by atoms with Gasteiger partial charge in [-0.3, -0.25) is 14.4 Å². The molecule has 0 spiro atoms. The predicted octanol–water partition coefficient (Wildman–Crippen LogP) is 5.29. The van der Waals surface area contributed by atoms with E-state index in [1.165, 1.54) is 13.3 Å². The number of nitrogens with zero attached hydrogens (tertiary/aromatic N) is 1. The van der Waals surface area contributed by atoms with Crippen molar-refractivity contribution in [3.63, 3.8) is 0 Å². The smallest absolute Gasteiger partial charge is 0.329 e. The second-order valence-electron chi connectivity index (χ2n) is 8.28. The minimum atomic E-state index is -0.946. The number of ether oxygens (including phenoxy) is 3. The van der Waals surface area contributed by atoms with Crippen molar-refractivity contribution in [1.82, 2.24) is 5.43 Å². The van der Waals surface area contributed by atoms with E-state index in [0.29, 0.717) is 50.8 Å². The van der Waals surface area contributed by atoms with E-state index >= 15 is 0 Å².